The average molecular weight is 441 g/mol. The lowest BCUT2D eigenvalue weighted by Gasteiger charge is -2.27. The number of nitrogens with zero attached hydrogens (tertiary/aromatic N) is 5. The molecule has 1 amide bonds. The summed E-state index contributed by atoms with van der Waals surface area (Å²) in [4.78, 5) is 24.1. The van der Waals surface area contributed by atoms with Crippen LogP contribution in [0.15, 0.2) is 79.0 Å². The lowest BCUT2D eigenvalue weighted by molar-refractivity contribution is 0.0940. The molecule has 0 aliphatic carbocycles. The molecule has 0 unspecified atom stereocenters. The third kappa shape index (κ3) is 4.75. The van der Waals surface area contributed by atoms with E-state index in [1.54, 1.807) is 10.9 Å². The normalized spacial score (nSPS) is 13.6. The molecule has 2 aromatic heterocycles. The Morgan fingerprint density at radius 1 is 0.939 bits per heavy atom. The van der Waals surface area contributed by atoms with Crippen molar-refractivity contribution in [2.24, 2.45) is 0 Å². The summed E-state index contributed by atoms with van der Waals surface area (Å²) in [6.07, 6.45) is 1.79. The van der Waals surface area contributed by atoms with Gasteiger partial charge < -0.3 is 15.0 Å². The van der Waals surface area contributed by atoms with E-state index in [0.717, 1.165) is 35.7 Å². The first-order valence-corrected chi connectivity index (χ1v) is 10.9. The zero-order valence-electron chi connectivity index (χ0n) is 18.1. The highest BCUT2D eigenvalue weighted by molar-refractivity contribution is 5.91. The van der Waals surface area contributed by atoms with Crippen molar-refractivity contribution in [1.82, 2.24) is 25.1 Å². The number of amides is 1. The summed E-state index contributed by atoms with van der Waals surface area (Å²) in [5.41, 5.74) is 2.63. The van der Waals surface area contributed by atoms with Gasteiger partial charge in [-0.2, -0.15) is 0 Å². The molecule has 1 N–H and O–H groups in total. The fourth-order valence-electron chi connectivity index (χ4n) is 3.69. The third-order valence-corrected chi connectivity index (χ3v) is 5.44. The van der Waals surface area contributed by atoms with E-state index in [1.165, 1.54) is 0 Å². The number of benzene rings is 2. The summed E-state index contributed by atoms with van der Waals surface area (Å²) in [5, 5.41) is 7.41. The number of anilines is 1. The Kier molecular flexibility index (Phi) is 6.08. The molecule has 1 fully saturated rings. The van der Waals surface area contributed by atoms with Gasteiger partial charge in [-0.1, -0.05) is 54.6 Å². The van der Waals surface area contributed by atoms with Crippen molar-refractivity contribution in [3.8, 4) is 17.1 Å². The van der Waals surface area contributed by atoms with Gasteiger partial charge in [0.25, 0.3) is 5.91 Å². The van der Waals surface area contributed by atoms with Crippen molar-refractivity contribution in [3.63, 3.8) is 0 Å². The van der Waals surface area contributed by atoms with Crippen molar-refractivity contribution in [2.45, 2.75) is 6.54 Å². The number of hydrogen-bond acceptors (Lipinski definition) is 6. The summed E-state index contributed by atoms with van der Waals surface area (Å²) < 4.78 is 7.09. The molecular weight excluding hydrogens is 416 g/mol. The minimum Gasteiger partial charge on any atom is -0.378 e. The average Bonchev–Trinajstić information content (AvgIpc) is 3.35. The summed E-state index contributed by atoms with van der Waals surface area (Å²) >= 11 is 0. The monoisotopic (exact) mass is 440 g/mol. The van der Waals surface area contributed by atoms with Crippen LogP contribution in [0, 0.1) is 0 Å². The van der Waals surface area contributed by atoms with Gasteiger partial charge in [-0.3, -0.25) is 4.79 Å². The molecule has 0 radical (unpaired) electrons. The van der Waals surface area contributed by atoms with Crippen molar-refractivity contribution in [3.05, 3.63) is 90.4 Å². The number of morpholine rings is 1. The van der Waals surface area contributed by atoms with Gasteiger partial charge in [-0.25, -0.2) is 14.6 Å². The summed E-state index contributed by atoms with van der Waals surface area (Å²) in [7, 11) is 0. The molecule has 5 rings (SSSR count). The van der Waals surface area contributed by atoms with Gasteiger partial charge in [0.15, 0.2) is 5.82 Å². The zero-order valence-corrected chi connectivity index (χ0v) is 18.1. The van der Waals surface area contributed by atoms with E-state index in [9.17, 15) is 4.79 Å². The van der Waals surface area contributed by atoms with Crippen LogP contribution in [-0.4, -0.2) is 52.0 Å². The number of carbonyl (C=O) groups excluding carboxylic acids is 1. The first-order chi connectivity index (χ1) is 16.3. The van der Waals surface area contributed by atoms with Gasteiger partial charge in [0.1, 0.15) is 5.82 Å². The molecule has 1 aliphatic heterocycles. The predicted octanol–water partition coefficient (Wildman–Crippen LogP) is 3.10. The maximum Gasteiger partial charge on any atom is 0.291 e. The van der Waals surface area contributed by atoms with Crippen LogP contribution in [0.5, 0.6) is 0 Å². The quantitative estimate of drug-likeness (QED) is 0.496. The Labute approximate surface area is 191 Å². The van der Waals surface area contributed by atoms with Crippen LogP contribution >= 0.6 is 0 Å². The van der Waals surface area contributed by atoms with Crippen LogP contribution < -0.4 is 10.2 Å². The van der Waals surface area contributed by atoms with Crippen LogP contribution in [0.3, 0.4) is 0 Å². The third-order valence-electron chi connectivity index (χ3n) is 5.44. The number of pyridine rings is 1. The van der Waals surface area contributed by atoms with Crippen LogP contribution in [0.4, 0.5) is 5.82 Å². The van der Waals surface area contributed by atoms with E-state index in [1.807, 2.05) is 72.8 Å². The number of carbonyl (C=O) groups is 1. The van der Waals surface area contributed by atoms with Gasteiger partial charge >= 0.3 is 0 Å². The topological polar surface area (TPSA) is 85.2 Å². The Morgan fingerprint density at radius 2 is 1.67 bits per heavy atom. The van der Waals surface area contributed by atoms with Crippen LogP contribution in [0.25, 0.3) is 17.1 Å². The van der Waals surface area contributed by atoms with Gasteiger partial charge in [0, 0.05) is 31.4 Å². The molecule has 4 aromatic rings. The molecule has 1 saturated heterocycles. The minimum absolute atomic E-state index is 0.121. The highest BCUT2D eigenvalue weighted by Gasteiger charge is 2.19. The van der Waals surface area contributed by atoms with E-state index >= 15 is 0 Å². The summed E-state index contributed by atoms with van der Waals surface area (Å²) in [6.45, 7) is 3.45. The molecule has 0 atom stereocenters. The molecular formula is C25H24N6O2. The van der Waals surface area contributed by atoms with Crippen molar-refractivity contribution in [1.29, 1.82) is 0 Å². The predicted molar refractivity (Wildman–Crippen MR) is 125 cm³/mol. The molecule has 8 heteroatoms. The van der Waals surface area contributed by atoms with Gasteiger partial charge in [-0.15, -0.1) is 5.10 Å². The first-order valence-electron chi connectivity index (χ1n) is 10.9. The molecule has 33 heavy (non-hydrogen) atoms. The van der Waals surface area contributed by atoms with Gasteiger partial charge in [0.05, 0.1) is 18.9 Å². The van der Waals surface area contributed by atoms with E-state index in [0.29, 0.717) is 25.6 Å². The second-order valence-corrected chi connectivity index (χ2v) is 7.68. The molecule has 0 spiro atoms. The number of ether oxygens (including phenoxy) is 1. The number of rotatable bonds is 6. The van der Waals surface area contributed by atoms with E-state index < -0.39 is 0 Å². The first kappa shape index (κ1) is 20.8. The Balaban J connectivity index is 1.32. The molecule has 166 valence electrons. The second kappa shape index (κ2) is 9.62. The molecule has 3 heterocycles. The van der Waals surface area contributed by atoms with Crippen LogP contribution in [-0.2, 0) is 11.3 Å². The minimum atomic E-state index is -0.334. The Morgan fingerprint density at radius 3 is 2.36 bits per heavy atom. The lowest BCUT2D eigenvalue weighted by Crippen LogP contribution is -2.36. The fourth-order valence-corrected chi connectivity index (χ4v) is 3.69. The second-order valence-electron chi connectivity index (χ2n) is 7.68. The maximum atomic E-state index is 12.9. The molecule has 0 bridgehead atoms. The molecule has 2 aromatic carbocycles. The maximum absolute atomic E-state index is 12.9. The highest BCUT2D eigenvalue weighted by atomic mass is 16.5. The summed E-state index contributed by atoms with van der Waals surface area (Å²) in [5.74, 6) is 1.32. The van der Waals surface area contributed by atoms with Crippen molar-refractivity contribution < 1.29 is 9.53 Å². The van der Waals surface area contributed by atoms with E-state index in [-0.39, 0.29) is 11.7 Å². The smallest absolute Gasteiger partial charge is 0.291 e. The van der Waals surface area contributed by atoms with Crippen molar-refractivity contribution in [2.75, 3.05) is 31.2 Å². The molecule has 0 saturated carbocycles. The standard InChI is InChI=1S/C25H24N6O2/c32-25(27-18-19-11-12-22(26-17-19)30-13-15-33-16-14-30)23-28-24(20-7-3-1-4-8-20)31(29-23)21-9-5-2-6-10-21/h1-12,17H,13-16,18H2,(H,27,32). The lowest BCUT2D eigenvalue weighted by atomic mass is 10.2. The fraction of sp³-hybridized carbons (Fsp3) is 0.200. The van der Waals surface area contributed by atoms with Crippen molar-refractivity contribution >= 4 is 11.7 Å². The van der Waals surface area contributed by atoms with Crippen LogP contribution in [0.1, 0.15) is 16.2 Å². The number of nitrogens with one attached hydrogen (secondary N) is 1. The molecule has 8 nitrogen and oxygen atoms in total. The van der Waals surface area contributed by atoms with Crippen LogP contribution in [0.2, 0.25) is 0 Å². The Hall–Kier alpha value is -4.04. The van der Waals surface area contributed by atoms with E-state index in [2.05, 4.69) is 25.3 Å². The number of para-hydroxylation sites is 1. The SMILES string of the molecule is O=C(NCc1ccc(N2CCOCC2)nc1)c1nc(-c2ccccc2)n(-c2ccccc2)n1. The molecule has 1 aliphatic rings. The van der Waals surface area contributed by atoms with E-state index in [4.69, 9.17) is 4.74 Å². The number of hydrogen-bond donors (Lipinski definition) is 1. The zero-order chi connectivity index (χ0) is 22.5. The van der Waals surface area contributed by atoms with Gasteiger partial charge in [-0.05, 0) is 23.8 Å². The number of aromatic nitrogens is 4. The Bertz CT molecular complexity index is 1150. The largest absolute Gasteiger partial charge is 0.378 e. The highest BCUT2D eigenvalue weighted by Crippen LogP contribution is 2.21. The summed E-state index contributed by atoms with van der Waals surface area (Å²) in [6, 6.07) is 23.3. The van der Waals surface area contributed by atoms with Gasteiger partial charge in [0.2, 0.25) is 5.82 Å².